The predicted molar refractivity (Wildman–Crippen MR) is 94.7 cm³/mol. The molecule has 0 aromatic heterocycles. The summed E-state index contributed by atoms with van der Waals surface area (Å²) in [6, 6.07) is 17.1. The van der Waals surface area contributed by atoms with Gasteiger partial charge < -0.3 is 5.73 Å². The first-order valence-corrected chi connectivity index (χ1v) is 7.60. The van der Waals surface area contributed by atoms with Crippen molar-refractivity contribution in [2.75, 3.05) is 4.90 Å². The van der Waals surface area contributed by atoms with E-state index in [1.54, 1.807) is 0 Å². The first-order chi connectivity index (χ1) is 10.8. The predicted octanol–water partition coefficient (Wildman–Crippen LogP) is 3.45. The third-order valence-electron chi connectivity index (χ3n) is 3.68. The molecule has 1 amide bonds. The molecule has 0 heterocycles. The molecule has 0 radical (unpaired) electrons. The Hall–Kier alpha value is -2.62. The molecule has 0 saturated heterocycles. The highest BCUT2D eigenvalue weighted by Gasteiger charge is 2.20. The second-order valence-corrected chi connectivity index (χ2v) is 6.57. The summed E-state index contributed by atoms with van der Waals surface area (Å²) in [7, 11) is 0. The van der Waals surface area contributed by atoms with Crippen LogP contribution in [0.5, 0.6) is 0 Å². The summed E-state index contributed by atoms with van der Waals surface area (Å²) in [5.41, 5.74) is 8.35. The Morgan fingerprint density at radius 2 is 1.61 bits per heavy atom. The SMILES string of the molecule is CC(C)(C)c1ccc(N(C(=N)N)C(=O)Cc2ccccc2)cc1. The van der Waals surface area contributed by atoms with Crippen LogP contribution in [-0.2, 0) is 16.6 Å². The largest absolute Gasteiger partial charge is 0.369 e. The summed E-state index contributed by atoms with van der Waals surface area (Å²) in [4.78, 5) is 13.8. The maximum absolute atomic E-state index is 12.5. The number of nitrogens with one attached hydrogen (secondary N) is 1. The molecule has 0 spiro atoms. The minimum Gasteiger partial charge on any atom is -0.369 e. The van der Waals surface area contributed by atoms with Gasteiger partial charge in [-0.3, -0.25) is 15.1 Å². The molecule has 0 saturated carbocycles. The highest BCUT2D eigenvalue weighted by Crippen LogP contribution is 2.25. The average Bonchev–Trinajstić information content (AvgIpc) is 2.47. The van der Waals surface area contributed by atoms with Gasteiger partial charge in [0.25, 0.3) is 0 Å². The molecule has 3 N–H and O–H groups in total. The molecule has 0 aliphatic heterocycles. The maximum atomic E-state index is 12.5. The fraction of sp³-hybridized carbons (Fsp3) is 0.263. The van der Waals surface area contributed by atoms with Crippen molar-refractivity contribution in [3.05, 3.63) is 65.7 Å². The smallest absolute Gasteiger partial charge is 0.238 e. The fourth-order valence-electron chi connectivity index (χ4n) is 2.38. The van der Waals surface area contributed by atoms with Crippen LogP contribution in [0.1, 0.15) is 31.9 Å². The molecule has 0 bridgehead atoms. The Morgan fingerprint density at radius 3 is 2.09 bits per heavy atom. The third-order valence-corrected chi connectivity index (χ3v) is 3.68. The van der Waals surface area contributed by atoms with Crippen LogP contribution in [0.4, 0.5) is 5.69 Å². The van der Waals surface area contributed by atoms with Crippen LogP contribution in [-0.4, -0.2) is 11.9 Å². The highest BCUT2D eigenvalue weighted by molar-refractivity contribution is 6.15. The molecule has 120 valence electrons. The molecule has 0 aliphatic rings. The van der Waals surface area contributed by atoms with Crippen LogP contribution in [0.2, 0.25) is 0 Å². The van der Waals surface area contributed by atoms with E-state index in [0.29, 0.717) is 5.69 Å². The van der Waals surface area contributed by atoms with E-state index >= 15 is 0 Å². The number of guanidine groups is 1. The van der Waals surface area contributed by atoms with Crippen molar-refractivity contribution in [3.63, 3.8) is 0 Å². The minimum atomic E-state index is -0.269. The topological polar surface area (TPSA) is 70.2 Å². The lowest BCUT2D eigenvalue weighted by molar-refractivity contribution is -0.117. The second kappa shape index (κ2) is 6.65. The summed E-state index contributed by atoms with van der Waals surface area (Å²) in [5, 5.41) is 7.74. The van der Waals surface area contributed by atoms with Crippen molar-refractivity contribution in [2.24, 2.45) is 5.73 Å². The normalized spacial score (nSPS) is 11.1. The Kier molecular flexibility index (Phi) is 4.84. The molecule has 23 heavy (non-hydrogen) atoms. The van der Waals surface area contributed by atoms with Gasteiger partial charge in [-0.15, -0.1) is 0 Å². The number of hydrogen-bond donors (Lipinski definition) is 2. The number of anilines is 1. The number of carbonyl (C=O) groups is 1. The summed E-state index contributed by atoms with van der Waals surface area (Å²) in [6.45, 7) is 6.39. The first-order valence-electron chi connectivity index (χ1n) is 7.60. The van der Waals surface area contributed by atoms with E-state index in [2.05, 4.69) is 20.8 Å². The number of rotatable bonds is 3. The van der Waals surface area contributed by atoms with E-state index in [0.717, 1.165) is 5.56 Å². The van der Waals surface area contributed by atoms with Gasteiger partial charge >= 0.3 is 0 Å². The van der Waals surface area contributed by atoms with Gasteiger partial charge in [0.2, 0.25) is 5.91 Å². The van der Waals surface area contributed by atoms with E-state index in [1.807, 2.05) is 54.6 Å². The number of benzene rings is 2. The lowest BCUT2D eigenvalue weighted by Crippen LogP contribution is -2.42. The molecule has 0 unspecified atom stereocenters. The maximum Gasteiger partial charge on any atom is 0.238 e. The van der Waals surface area contributed by atoms with Gasteiger partial charge in [0.15, 0.2) is 5.96 Å². The van der Waals surface area contributed by atoms with E-state index in [9.17, 15) is 4.79 Å². The summed E-state index contributed by atoms with van der Waals surface area (Å²) in [5.74, 6) is -0.485. The van der Waals surface area contributed by atoms with Gasteiger partial charge in [-0.25, -0.2) is 0 Å². The molecule has 4 nitrogen and oxygen atoms in total. The van der Waals surface area contributed by atoms with Gasteiger partial charge in [-0.2, -0.15) is 0 Å². The summed E-state index contributed by atoms with van der Waals surface area (Å²) >= 11 is 0. The second-order valence-electron chi connectivity index (χ2n) is 6.57. The van der Waals surface area contributed by atoms with Gasteiger partial charge in [0, 0.05) is 0 Å². The quantitative estimate of drug-likeness (QED) is 0.673. The van der Waals surface area contributed by atoms with Crippen molar-refractivity contribution in [2.45, 2.75) is 32.6 Å². The van der Waals surface area contributed by atoms with E-state index in [-0.39, 0.29) is 23.7 Å². The van der Waals surface area contributed by atoms with Gasteiger partial charge in [0.1, 0.15) is 0 Å². The minimum absolute atomic E-state index is 0.0353. The third kappa shape index (κ3) is 4.19. The standard InChI is InChI=1S/C19H23N3O/c1-19(2,3)15-9-11-16(12-10-15)22(18(20)21)17(23)13-14-7-5-4-6-8-14/h4-12H,13H2,1-3H3,(H3,20,21). The van der Waals surface area contributed by atoms with Crippen LogP contribution in [0.25, 0.3) is 0 Å². The number of carbonyl (C=O) groups excluding carboxylic acids is 1. The van der Waals surface area contributed by atoms with Crippen LogP contribution in [0, 0.1) is 5.41 Å². The molecule has 0 fully saturated rings. The number of hydrogen-bond acceptors (Lipinski definition) is 2. The fourth-order valence-corrected chi connectivity index (χ4v) is 2.38. The molecular weight excluding hydrogens is 286 g/mol. The molecule has 2 aromatic carbocycles. The van der Waals surface area contributed by atoms with E-state index < -0.39 is 0 Å². The Balaban J connectivity index is 2.24. The Morgan fingerprint density at radius 1 is 1.04 bits per heavy atom. The van der Waals surface area contributed by atoms with Crippen molar-refractivity contribution < 1.29 is 4.79 Å². The van der Waals surface area contributed by atoms with Gasteiger partial charge in [0.05, 0.1) is 12.1 Å². The van der Waals surface area contributed by atoms with Gasteiger partial charge in [-0.05, 0) is 28.7 Å². The number of nitrogens with zero attached hydrogens (tertiary/aromatic N) is 1. The van der Waals surface area contributed by atoms with E-state index in [4.69, 9.17) is 11.1 Å². The molecule has 4 heteroatoms. The van der Waals surface area contributed by atoms with Gasteiger partial charge in [-0.1, -0.05) is 63.2 Å². The monoisotopic (exact) mass is 309 g/mol. The number of amides is 1. The van der Waals surface area contributed by atoms with Crippen molar-refractivity contribution >= 4 is 17.6 Å². The molecular formula is C19H23N3O. The zero-order chi connectivity index (χ0) is 17.0. The number of nitrogens with two attached hydrogens (primary N) is 1. The molecule has 2 aromatic rings. The van der Waals surface area contributed by atoms with Crippen molar-refractivity contribution in [1.82, 2.24) is 0 Å². The zero-order valence-corrected chi connectivity index (χ0v) is 13.8. The van der Waals surface area contributed by atoms with E-state index in [1.165, 1.54) is 10.5 Å². The first kappa shape index (κ1) is 16.7. The highest BCUT2D eigenvalue weighted by atomic mass is 16.2. The molecule has 0 aliphatic carbocycles. The lowest BCUT2D eigenvalue weighted by atomic mass is 9.87. The van der Waals surface area contributed by atoms with Crippen molar-refractivity contribution in [3.8, 4) is 0 Å². The Bertz CT molecular complexity index is 685. The van der Waals surface area contributed by atoms with Crippen molar-refractivity contribution in [1.29, 1.82) is 5.41 Å². The van der Waals surface area contributed by atoms with Crippen LogP contribution in [0.3, 0.4) is 0 Å². The van der Waals surface area contributed by atoms with Crippen LogP contribution >= 0.6 is 0 Å². The molecule has 2 rings (SSSR count). The lowest BCUT2D eigenvalue weighted by Gasteiger charge is -2.23. The Labute approximate surface area is 137 Å². The summed E-state index contributed by atoms with van der Waals surface area (Å²) < 4.78 is 0. The molecule has 0 atom stereocenters. The zero-order valence-electron chi connectivity index (χ0n) is 13.8. The summed E-state index contributed by atoms with van der Waals surface area (Å²) in [6.07, 6.45) is 0.210. The van der Waals surface area contributed by atoms with Crippen LogP contribution < -0.4 is 10.6 Å². The average molecular weight is 309 g/mol. The van der Waals surface area contributed by atoms with Crippen LogP contribution in [0.15, 0.2) is 54.6 Å².